The van der Waals surface area contributed by atoms with Crippen LogP contribution in [0.5, 0.6) is 5.75 Å². The first-order chi connectivity index (χ1) is 17.4. The van der Waals surface area contributed by atoms with Crippen molar-refractivity contribution in [1.29, 1.82) is 0 Å². The maximum atomic E-state index is 12.8. The van der Waals surface area contributed by atoms with Gasteiger partial charge in [0.05, 0.1) is 58.1 Å². The molecule has 4 N–H and O–H groups in total. The molecule has 10 nitrogen and oxygen atoms in total. The molecule has 14 heteroatoms. The smallest absolute Gasteiger partial charge is 0.272 e. The SMILES string of the molecule is [B]C([B])([B])NC(=O)c1nnc(NC(=O)C2CC2)cc1Nc1cccc(-c2ncc(C(C)(C)O)s2)c1OC. The van der Waals surface area contributed by atoms with E-state index >= 15 is 0 Å². The lowest BCUT2D eigenvalue weighted by molar-refractivity contribution is -0.117. The van der Waals surface area contributed by atoms with E-state index in [0.29, 0.717) is 26.9 Å². The summed E-state index contributed by atoms with van der Waals surface area (Å²) in [4.78, 5) is 30.2. The van der Waals surface area contributed by atoms with E-state index in [0.717, 1.165) is 12.8 Å². The number of methoxy groups -OCH3 is 1. The molecule has 2 amide bonds. The normalized spacial score (nSPS) is 13.6. The van der Waals surface area contributed by atoms with Crippen LogP contribution in [0.4, 0.5) is 17.2 Å². The van der Waals surface area contributed by atoms with Gasteiger partial charge in [0.2, 0.25) is 5.91 Å². The van der Waals surface area contributed by atoms with Crippen LogP contribution in [0.1, 0.15) is 42.1 Å². The number of ether oxygens (including phenoxy) is 1. The Bertz CT molecular complexity index is 1330. The zero-order valence-corrected chi connectivity index (χ0v) is 21.3. The second-order valence-corrected chi connectivity index (χ2v) is 10.3. The third-order valence-electron chi connectivity index (χ3n) is 5.37. The number of hydrogen-bond acceptors (Lipinski definition) is 9. The molecule has 1 aliphatic carbocycles. The fourth-order valence-electron chi connectivity index (χ4n) is 3.40. The fourth-order valence-corrected chi connectivity index (χ4v) is 4.34. The van der Waals surface area contributed by atoms with Crippen molar-refractivity contribution >= 4 is 63.9 Å². The highest BCUT2D eigenvalue weighted by atomic mass is 32.1. The summed E-state index contributed by atoms with van der Waals surface area (Å²) in [6.45, 7) is 3.36. The predicted octanol–water partition coefficient (Wildman–Crippen LogP) is 1.77. The van der Waals surface area contributed by atoms with E-state index in [2.05, 4.69) is 31.1 Å². The molecule has 1 aromatic carbocycles. The molecule has 1 saturated carbocycles. The van der Waals surface area contributed by atoms with E-state index in [1.807, 2.05) is 6.07 Å². The number of nitrogens with zero attached hydrogens (tertiary/aromatic N) is 3. The number of benzene rings is 1. The third-order valence-corrected chi connectivity index (χ3v) is 6.71. The summed E-state index contributed by atoms with van der Waals surface area (Å²) in [7, 11) is 18.1. The van der Waals surface area contributed by atoms with Crippen LogP contribution in [-0.2, 0) is 10.4 Å². The molecule has 0 aliphatic heterocycles. The van der Waals surface area contributed by atoms with Crippen molar-refractivity contribution < 1.29 is 19.4 Å². The van der Waals surface area contributed by atoms with E-state index < -0.39 is 16.7 Å². The molecule has 2 aromatic heterocycles. The van der Waals surface area contributed by atoms with Crippen LogP contribution in [0.2, 0.25) is 0 Å². The number of nitrogens with one attached hydrogen (secondary N) is 3. The highest BCUT2D eigenvalue weighted by Gasteiger charge is 2.30. The molecule has 1 fully saturated rings. The van der Waals surface area contributed by atoms with Crippen molar-refractivity contribution in [2.24, 2.45) is 5.92 Å². The number of carbonyl (C=O) groups excluding carboxylic acids is 2. The number of carbonyl (C=O) groups is 2. The summed E-state index contributed by atoms with van der Waals surface area (Å²) in [6, 6.07) is 6.80. The third kappa shape index (κ3) is 6.50. The highest BCUT2D eigenvalue weighted by molar-refractivity contribution is 7.15. The minimum absolute atomic E-state index is 0.0580. The van der Waals surface area contributed by atoms with Gasteiger partial charge in [0, 0.05) is 18.2 Å². The Kier molecular flexibility index (Phi) is 7.34. The number of thiazole rings is 1. The molecule has 0 bridgehead atoms. The Balaban J connectivity index is 1.72. The summed E-state index contributed by atoms with van der Waals surface area (Å²) < 4.78 is 5.69. The van der Waals surface area contributed by atoms with Crippen LogP contribution in [-0.4, -0.2) is 68.0 Å². The van der Waals surface area contributed by atoms with Gasteiger partial charge in [-0.15, -0.1) is 21.5 Å². The average Bonchev–Trinajstić information content (AvgIpc) is 3.53. The summed E-state index contributed by atoms with van der Waals surface area (Å²) in [5.41, 5.74) is 0.111. The molecular weight excluding hydrogens is 489 g/mol. The van der Waals surface area contributed by atoms with Gasteiger partial charge in [-0.05, 0) is 38.8 Å². The number of para-hydroxylation sites is 1. The topological polar surface area (TPSA) is 138 Å². The minimum atomic E-state index is -1.99. The second kappa shape index (κ2) is 10.2. The number of hydrogen-bond donors (Lipinski definition) is 4. The Morgan fingerprint density at radius 3 is 2.49 bits per heavy atom. The highest BCUT2D eigenvalue weighted by Crippen LogP contribution is 2.41. The molecule has 6 radical (unpaired) electrons. The largest absolute Gasteiger partial charge is 0.494 e. The maximum absolute atomic E-state index is 12.8. The van der Waals surface area contributed by atoms with Crippen LogP contribution >= 0.6 is 11.3 Å². The van der Waals surface area contributed by atoms with Gasteiger partial charge in [-0.1, -0.05) is 11.3 Å². The van der Waals surface area contributed by atoms with Crippen molar-refractivity contribution in [1.82, 2.24) is 20.5 Å². The summed E-state index contributed by atoms with van der Waals surface area (Å²) in [6.07, 6.45) is 3.24. The van der Waals surface area contributed by atoms with Crippen LogP contribution in [0.3, 0.4) is 0 Å². The quantitative estimate of drug-likeness (QED) is 0.319. The number of anilines is 3. The van der Waals surface area contributed by atoms with E-state index in [9.17, 15) is 14.7 Å². The van der Waals surface area contributed by atoms with Crippen molar-refractivity contribution in [2.45, 2.75) is 37.5 Å². The summed E-state index contributed by atoms with van der Waals surface area (Å²) >= 11 is 1.33. The van der Waals surface area contributed by atoms with Gasteiger partial charge in [-0.25, -0.2) is 4.98 Å². The number of aliphatic hydroxyl groups is 1. The van der Waals surface area contributed by atoms with Gasteiger partial charge < -0.3 is 25.8 Å². The van der Waals surface area contributed by atoms with Gasteiger partial charge in [-0.2, -0.15) is 0 Å². The predicted molar refractivity (Wildman–Crippen MR) is 143 cm³/mol. The summed E-state index contributed by atoms with van der Waals surface area (Å²) in [5, 5.41) is 25.0. The van der Waals surface area contributed by atoms with Crippen LogP contribution in [0.15, 0.2) is 30.5 Å². The lowest BCUT2D eigenvalue weighted by Crippen LogP contribution is -2.50. The molecule has 37 heavy (non-hydrogen) atoms. The molecule has 2 heterocycles. The van der Waals surface area contributed by atoms with Gasteiger partial charge in [0.15, 0.2) is 17.3 Å². The Morgan fingerprint density at radius 2 is 1.89 bits per heavy atom. The molecule has 0 atom stereocenters. The average molecular weight is 512 g/mol. The molecule has 0 unspecified atom stereocenters. The van der Waals surface area contributed by atoms with Gasteiger partial charge in [-0.3, -0.25) is 9.59 Å². The molecule has 4 rings (SSSR count). The first kappa shape index (κ1) is 26.7. The Hall–Kier alpha value is -3.38. The van der Waals surface area contributed by atoms with E-state index in [1.165, 1.54) is 24.5 Å². The monoisotopic (exact) mass is 512 g/mol. The zero-order chi connectivity index (χ0) is 27.0. The Labute approximate surface area is 222 Å². The van der Waals surface area contributed by atoms with Crippen molar-refractivity contribution in [3.05, 3.63) is 41.0 Å². The van der Waals surface area contributed by atoms with Crippen molar-refractivity contribution in [2.75, 3.05) is 17.7 Å². The molecule has 184 valence electrons. The number of amides is 2. The van der Waals surface area contributed by atoms with Gasteiger partial charge in [0.25, 0.3) is 5.91 Å². The number of aromatic nitrogens is 3. The minimum Gasteiger partial charge on any atom is -0.494 e. The Morgan fingerprint density at radius 1 is 1.16 bits per heavy atom. The van der Waals surface area contributed by atoms with Crippen LogP contribution in [0, 0.1) is 5.92 Å². The second-order valence-electron chi connectivity index (χ2n) is 9.24. The standard InChI is InChI=1S/C23H23B3N6O4S/c1-22(2,35)15-10-27-21(37-15)12-5-4-6-13(18(12)36-3)28-14-9-16(29-19(33)11-7-8-11)31-32-17(14)20(34)30-23(24,25)26/h4-6,9-11,35H,7-8H2,1-3H3,(H,30,34)(H2,28,29,31,33). The van der Waals surface area contributed by atoms with Crippen molar-refractivity contribution in [3.8, 4) is 16.3 Å². The lowest BCUT2D eigenvalue weighted by atomic mass is 9.49. The van der Waals surface area contributed by atoms with Crippen LogP contribution < -0.4 is 20.7 Å². The van der Waals surface area contributed by atoms with Crippen LogP contribution in [0.25, 0.3) is 10.6 Å². The van der Waals surface area contributed by atoms with E-state index in [1.54, 1.807) is 32.2 Å². The zero-order valence-electron chi connectivity index (χ0n) is 20.5. The molecular formula is C23H23B3N6O4S. The summed E-state index contributed by atoms with van der Waals surface area (Å²) in [5.74, 6) is -0.435. The first-order valence-corrected chi connectivity index (χ1v) is 12.2. The van der Waals surface area contributed by atoms with E-state index in [4.69, 9.17) is 28.3 Å². The molecule has 0 saturated heterocycles. The van der Waals surface area contributed by atoms with Crippen molar-refractivity contribution in [3.63, 3.8) is 0 Å². The maximum Gasteiger partial charge on any atom is 0.272 e. The van der Waals surface area contributed by atoms with Gasteiger partial charge >= 0.3 is 0 Å². The fraction of sp³-hybridized carbons (Fsp3) is 0.348. The molecule has 3 aromatic rings. The molecule has 1 aliphatic rings. The van der Waals surface area contributed by atoms with Gasteiger partial charge in [0.1, 0.15) is 5.01 Å². The number of rotatable bonds is 9. The first-order valence-electron chi connectivity index (χ1n) is 11.4. The molecule has 0 spiro atoms. The lowest BCUT2D eigenvalue weighted by Gasteiger charge is -2.23. The van der Waals surface area contributed by atoms with E-state index in [-0.39, 0.29) is 29.0 Å².